The Hall–Kier alpha value is -5.21. The minimum absolute atomic E-state index is 0.0173. The first-order chi connectivity index (χ1) is 21.8. The van der Waals surface area contributed by atoms with E-state index in [1.165, 1.54) is 12.1 Å². The van der Waals surface area contributed by atoms with E-state index in [9.17, 15) is 23.5 Å². The highest BCUT2D eigenvalue weighted by molar-refractivity contribution is 7.85. The zero-order valence-corrected chi connectivity index (χ0v) is 24.9. The Kier molecular flexibility index (Phi) is 13.6. The molecule has 0 aliphatic rings. The van der Waals surface area contributed by atoms with E-state index in [1.807, 2.05) is 48.9 Å². The molecular formula is C33H29N4O7S. The van der Waals surface area contributed by atoms with Crippen LogP contribution in [0.5, 0.6) is 11.5 Å². The van der Waals surface area contributed by atoms with Crippen LogP contribution < -0.4 is 19.9 Å². The maximum atomic E-state index is 11.5. The van der Waals surface area contributed by atoms with Gasteiger partial charge in [-0.1, -0.05) is 60.7 Å². The fourth-order valence-corrected chi connectivity index (χ4v) is 4.78. The maximum absolute atomic E-state index is 11.5. The fourth-order valence-electron chi connectivity index (χ4n) is 4.11. The molecule has 0 spiro atoms. The van der Waals surface area contributed by atoms with Gasteiger partial charge in [-0.15, -0.1) is 0 Å². The van der Waals surface area contributed by atoms with E-state index in [0.717, 1.165) is 5.56 Å². The van der Waals surface area contributed by atoms with E-state index in [0.29, 0.717) is 18.6 Å². The summed E-state index contributed by atoms with van der Waals surface area (Å²) < 4.78 is 55.5. The number of rotatable bonds is 16. The minimum atomic E-state index is -4.36. The van der Waals surface area contributed by atoms with Gasteiger partial charge in [-0.25, -0.2) is 20.2 Å². The van der Waals surface area contributed by atoms with Crippen molar-refractivity contribution >= 4 is 21.5 Å². The van der Waals surface area contributed by atoms with E-state index in [-0.39, 0.29) is 59.8 Å². The Morgan fingerprint density at radius 3 is 1.87 bits per heavy atom. The predicted molar refractivity (Wildman–Crippen MR) is 165 cm³/mol. The van der Waals surface area contributed by atoms with Crippen molar-refractivity contribution in [2.45, 2.75) is 12.5 Å². The lowest BCUT2D eigenvalue weighted by atomic mass is 10.1. The van der Waals surface area contributed by atoms with Gasteiger partial charge in [0, 0.05) is 17.0 Å². The highest BCUT2D eigenvalue weighted by Crippen LogP contribution is 2.19. The standard InChI is InChI=1S/C33H29N4O7S/c1-36-29(22-34)27-21-32(43-18-19-44-33(24-45(38,39)40)26-13-7-4-8-14-26)28(30(23-35)37-2)20-31(27)42-17-16-41-15-9-12-25-10-5-3-6-11-25/h3-8,10-14,20-21,33H,9,15-19,24H2,(H,38,39,40)/b29-27-,30-28+. The molecule has 3 aromatic carbocycles. The van der Waals surface area contributed by atoms with Gasteiger partial charge in [-0.05, 0) is 36.1 Å². The second-order valence-corrected chi connectivity index (χ2v) is 10.7. The van der Waals surface area contributed by atoms with Gasteiger partial charge in [-0.3, -0.25) is 4.55 Å². The molecule has 0 aliphatic heterocycles. The van der Waals surface area contributed by atoms with Gasteiger partial charge in [0.2, 0.25) is 0 Å². The first kappa shape index (κ1) is 34.3. The smallest absolute Gasteiger partial charge is 0.272 e. The molecule has 12 heteroatoms. The average Bonchev–Trinajstić information content (AvgIpc) is 3.04. The number of nitriles is 2. The van der Waals surface area contributed by atoms with Crippen LogP contribution in [0.3, 0.4) is 0 Å². The molecule has 11 nitrogen and oxygen atoms in total. The number of ether oxygens (including phenoxy) is 4. The zero-order valence-electron chi connectivity index (χ0n) is 24.1. The molecule has 0 aliphatic carbocycles. The van der Waals surface area contributed by atoms with Crippen LogP contribution in [-0.2, 0) is 19.6 Å². The molecule has 0 bridgehead atoms. The minimum Gasteiger partial charge on any atom is -0.492 e. The summed E-state index contributed by atoms with van der Waals surface area (Å²) in [6.45, 7) is 15.3. The summed E-state index contributed by atoms with van der Waals surface area (Å²) >= 11 is 0. The van der Waals surface area contributed by atoms with E-state index >= 15 is 0 Å². The molecule has 0 heterocycles. The van der Waals surface area contributed by atoms with E-state index in [1.54, 1.807) is 30.3 Å². The molecule has 45 heavy (non-hydrogen) atoms. The van der Waals surface area contributed by atoms with Crippen LogP contribution in [0.25, 0.3) is 21.1 Å². The highest BCUT2D eigenvalue weighted by Gasteiger charge is 2.20. The monoisotopic (exact) mass is 625 g/mol. The molecule has 0 amide bonds. The molecule has 3 rings (SSSR count). The van der Waals surface area contributed by atoms with Crippen molar-refractivity contribution in [3.05, 3.63) is 124 Å². The number of benzene rings is 3. The van der Waals surface area contributed by atoms with Gasteiger partial charge in [0.1, 0.15) is 30.5 Å². The zero-order chi connectivity index (χ0) is 32.5. The summed E-state index contributed by atoms with van der Waals surface area (Å²) in [6.07, 6.45) is 1.74. The number of hydrogen-bond donors (Lipinski definition) is 1. The Morgan fingerprint density at radius 1 is 0.822 bits per heavy atom. The lowest BCUT2D eigenvalue weighted by Gasteiger charge is -2.18. The van der Waals surface area contributed by atoms with Crippen LogP contribution in [0.15, 0.2) is 72.8 Å². The molecule has 3 aromatic rings. The van der Waals surface area contributed by atoms with Crippen LogP contribution in [-0.4, -0.2) is 51.8 Å². The van der Waals surface area contributed by atoms with Crippen LogP contribution in [0, 0.1) is 42.2 Å². The molecule has 0 saturated carbocycles. The molecule has 1 N–H and O–H groups in total. The third-order valence-corrected chi connectivity index (χ3v) is 6.87. The summed E-state index contributed by atoms with van der Waals surface area (Å²) in [7, 11) is -4.36. The second kappa shape index (κ2) is 17.8. The molecule has 0 saturated heterocycles. The predicted octanol–water partition coefficient (Wildman–Crippen LogP) is 3.85. The first-order valence-electron chi connectivity index (χ1n) is 13.6. The summed E-state index contributed by atoms with van der Waals surface area (Å²) in [5.41, 5.74) is 0.997. The van der Waals surface area contributed by atoms with Gasteiger partial charge < -0.3 is 18.9 Å². The Labute approximate surface area is 262 Å². The third kappa shape index (κ3) is 11.1. The van der Waals surface area contributed by atoms with Gasteiger partial charge >= 0.3 is 0 Å². The SMILES string of the molecule is [C-]#[N+]/C(C#N)=c1/cc(OCCOC(CS(=O)(=O)O)c2ccccc2)/c(=C(\C#N)[N+]#[C-])cc1OCCOCC[CH]c1ccccc1. The number of hydrogen-bond acceptors (Lipinski definition) is 8. The fraction of sp³-hybridized carbons (Fsp3) is 0.242. The normalized spacial score (nSPS) is 12.8. The van der Waals surface area contributed by atoms with Crippen molar-refractivity contribution in [2.24, 2.45) is 0 Å². The summed E-state index contributed by atoms with van der Waals surface area (Å²) in [5, 5.41) is 19.3. The molecule has 1 radical (unpaired) electrons. The van der Waals surface area contributed by atoms with Gasteiger partial charge in [0.25, 0.3) is 21.5 Å². The molecular weight excluding hydrogens is 596 g/mol. The quantitative estimate of drug-likeness (QED) is 0.142. The van der Waals surface area contributed by atoms with Crippen molar-refractivity contribution in [3.8, 4) is 23.6 Å². The van der Waals surface area contributed by atoms with Crippen LogP contribution >= 0.6 is 0 Å². The second-order valence-electron chi connectivity index (χ2n) is 9.22. The first-order valence-corrected chi connectivity index (χ1v) is 15.2. The molecule has 0 fully saturated rings. The Bertz CT molecular complexity index is 1810. The molecule has 0 aromatic heterocycles. The van der Waals surface area contributed by atoms with Crippen molar-refractivity contribution in [1.82, 2.24) is 0 Å². The van der Waals surface area contributed by atoms with Gasteiger partial charge in [0.05, 0.1) is 44.6 Å². The maximum Gasteiger partial charge on any atom is 0.272 e. The third-order valence-electron chi connectivity index (χ3n) is 6.15. The molecule has 1 atom stereocenters. The number of nitrogens with zero attached hydrogens (tertiary/aromatic N) is 4. The van der Waals surface area contributed by atoms with E-state index < -0.39 is 22.0 Å². The van der Waals surface area contributed by atoms with Crippen molar-refractivity contribution < 1.29 is 31.9 Å². The van der Waals surface area contributed by atoms with Crippen LogP contribution in [0.1, 0.15) is 23.7 Å². The lowest BCUT2D eigenvalue weighted by Crippen LogP contribution is -2.23. The summed E-state index contributed by atoms with van der Waals surface area (Å²) in [4.78, 5) is 6.54. The van der Waals surface area contributed by atoms with Crippen LogP contribution in [0.2, 0.25) is 0 Å². The van der Waals surface area contributed by atoms with Crippen molar-refractivity contribution in [3.63, 3.8) is 0 Å². The highest BCUT2D eigenvalue weighted by atomic mass is 32.2. The molecule has 229 valence electrons. The average molecular weight is 626 g/mol. The van der Waals surface area contributed by atoms with Crippen LogP contribution in [0.4, 0.5) is 0 Å². The Balaban J connectivity index is 1.76. The van der Waals surface area contributed by atoms with Gasteiger partial charge in [0.15, 0.2) is 0 Å². The van der Waals surface area contributed by atoms with Gasteiger partial charge in [-0.2, -0.15) is 8.42 Å². The molecule has 1 unspecified atom stereocenters. The lowest BCUT2D eigenvalue weighted by molar-refractivity contribution is 0.0447. The Morgan fingerprint density at radius 2 is 1.36 bits per heavy atom. The topological polar surface area (TPSA) is 148 Å². The van der Waals surface area contributed by atoms with Crippen molar-refractivity contribution in [2.75, 3.05) is 38.8 Å². The summed E-state index contributed by atoms with van der Waals surface area (Å²) in [5.74, 6) is -0.568. The largest absolute Gasteiger partial charge is 0.492 e. The van der Waals surface area contributed by atoms with Crippen molar-refractivity contribution in [1.29, 1.82) is 10.5 Å². The van der Waals surface area contributed by atoms with E-state index in [4.69, 9.17) is 32.1 Å². The van der Waals surface area contributed by atoms with E-state index in [2.05, 4.69) is 9.69 Å². The summed E-state index contributed by atoms with van der Waals surface area (Å²) in [6, 6.07) is 24.6.